The van der Waals surface area contributed by atoms with Crippen LogP contribution in [0.5, 0.6) is 0 Å². The lowest BCUT2D eigenvalue weighted by Crippen LogP contribution is -2.54. The number of carbonyl (C=O) groups is 4. The molecule has 0 aliphatic carbocycles. The van der Waals surface area contributed by atoms with E-state index in [1.165, 1.54) is 18.2 Å². The molecular formula is C27H31N3O9S. The van der Waals surface area contributed by atoms with Crippen molar-refractivity contribution in [3.8, 4) is 0 Å². The average Bonchev–Trinajstić information content (AvgIpc) is 3.17. The second-order valence-corrected chi connectivity index (χ2v) is 10.9. The number of piperidine rings is 1. The Morgan fingerprint density at radius 1 is 0.925 bits per heavy atom. The summed E-state index contributed by atoms with van der Waals surface area (Å²) in [6, 6.07) is 10.2. The first-order valence-corrected chi connectivity index (χ1v) is 14.3. The molecule has 0 radical (unpaired) electrons. The maximum atomic E-state index is 13.1. The van der Waals surface area contributed by atoms with Crippen LogP contribution in [-0.4, -0.2) is 82.6 Å². The molecule has 0 aromatic heterocycles. The lowest BCUT2D eigenvalue weighted by molar-refractivity contribution is -0.136. The van der Waals surface area contributed by atoms with Crippen LogP contribution in [-0.2, 0) is 33.4 Å². The minimum absolute atomic E-state index is 0.0566. The van der Waals surface area contributed by atoms with Gasteiger partial charge >= 0.3 is 0 Å². The van der Waals surface area contributed by atoms with E-state index >= 15 is 0 Å². The lowest BCUT2D eigenvalue weighted by Gasteiger charge is -2.27. The predicted octanol–water partition coefficient (Wildman–Crippen LogP) is 1.64. The third kappa shape index (κ3) is 6.91. The molecule has 1 unspecified atom stereocenters. The van der Waals surface area contributed by atoms with Gasteiger partial charge in [-0.25, -0.2) is 0 Å². The van der Waals surface area contributed by atoms with Gasteiger partial charge in [0, 0.05) is 31.9 Å². The molecule has 13 heteroatoms. The number of anilines is 1. The van der Waals surface area contributed by atoms with Crippen molar-refractivity contribution in [2.24, 2.45) is 0 Å². The molecule has 40 heavy (non-hydrogen) atoms. The van der Waals surface area contributed by atoms with Gasteiger partial charge in [-0.2, -0.15) is 8.42 Å². The van der Waals surface area contributed by atoms with Gasteiger partial charge in [0.05, 0.1) is 35.8 Å². The molecule has 4 rings (SSSR count). The Balaban J connectivity index is 1.13. The first-order valence-electron chi connectivity index (χ1n) is 12.9. The number of carbonyl (C=O) groups excluding carboxylic acids is 4. The molecule has 2 aromatic carbocycles. The van der Waals surface area contributed by atoms with Crippen LogP contribution in [0, 0.1) is 6.92 Å². The van der Waals surface area contributed by atoms with E-state index in [0.29, 0.717) is 38.5 Å². The number of rotatable bonds is 14. The van der Waals surface area contributed by atoms with Crippen LogP contribution >= 0.6 is 0 Å². The number of benzene rings is 2. The molecule has 0 saturated carbocycles. The third-order valence-electron chi connectivity index (χ3n) is 6.38. The van der Waals surface area contributed by atoms with Gasteiger partial charge in [-0.15, -0.1) is 0 Å². The second kappa shape index (κ2) is 13.1. The van der Waals surface area contributed by atoms with E-state index in [4.69, 9.17) is 13.7 Å². The molecule has 2 N–H and O–H groups in total. The average molecular weight is 574 g/mol. The Hall–Kier alpha value is -3.65. The Morgan fingerprint density at radius 2 is 1.65 bits per heavy atom. The van der Waals surface area contributed by atoms with E-state index in [1.54, 1.807) is 24.3 Å². The van der Waals surface area contributed by atoms with E-state index in [1.807, 2.05) is 6.92 Å². The second-order valence-electron chi connectivity index (χ2n) is 9.27. The molecule has 12 nitrogen and oxygen atoms in total. The topological polar surface area (TPSA) is 157 Å². The summed E-state index contributed by atoms with van der Waals surface area (Å²) in [5, 5.41) is 5.28. The highest BCUT2D eigenvalue weighted by molar-refractivity contribution is 7.86. The smallest absolute Gasteiger partial charge is 0.297 e. The van der Waals surface area contributed by atoms with Gasteiger partial charge in [0.15, 0.2) is 0 Å². The standard InChI is InChI=1S/C27H31N3O9S/c1-18-6-8-19(9-7-18)40(35,36)39-17-16-38-14-3-13-37-15-12-28-21-5-2-4-20-24(21)27(34)30(26(20)33)22-10-11-23(31)29-25(22)32/h2,4-9,22,28H,3,10-17H2,1H3,(H,29,31,32). The highest BCUT2D eigenvalue weighted by atomic mass is 32.2. The normalized spacial score (nSPS) is 17.2. The lowest BCUT2D eigenvalue weighted by atomic mass is 10.0. The van der Waals surface area contributed by atoms with E-state index in [2.05, 4.69) is 10.6 Å². The van der Waals surface area contributed by atoms with Crippen molar-refractivity contribution in [1.29, 1.82) is 0 Å². The summed E-state index contributed by atoms with van der Waals surface area (Å²) in [6.07, 6.45) is 0.732. The zero-order valence-electron chi connectivity index (χ0n) is 22.0. The summed E-state index contributed by atoms with van der Waals surface area (Å²) in [4.78, 5) is 50.7. The molecule has 0 spiro atoms. The van der Waals surface area contributed by atoms with E-state index < -0.39 is 39.8 Å². The minimum Gasteiger partial charge on any atom is -0.382 e. The molecule has 214 valence electrons. The Morgan fingerprint density at radius 3 is 2.38 bits per heavy atom. The van der Waals surface area contributed by atoms with Gasteiger partial charge in [0.2, 0.25) is 11.8 Å². The molecule has 2 aliphatic heterocycles. The summed E-state index contributed by atoms with van der Waals surface area (Å²) >= 11 is 0. The molecule has 2 aliphatic rings. The largest absolute Gasteiger partial charge is 0.382 e. The van der Waals surface area contributed by atoms with Crippen molar-refractivity contribution < 1.29 is 41.3 Å². The van der Waals surface area contributed by atoms with E-state index in [-0.39, 0.29) is 42.1 Å². The first-order chi connectivity index (χ1) is 19.2. The molecule has 1 fully saturated rings. The summed E-state index contributed by atoms with van der Waals surface area (Å²) in [6.45, 7) is 3.34. The number of hydrogen-bond donors (Lipinski definition) is 2. The highest BCUT2D eigenvalue weighted by Crippen LogP contribution is 2.32. The van der Waals surface area contributed by atoms with Crippen molar-refractivity contribution in [2.75, 3.05) is 44.9 Å². The van der Waals surface area contributed by atoms with Crippen molar-refractivity contribution >= 4 is 39.4 Å². The Labute approximate surface area is 232 Å². The van der Waals surface area contributed by atoms with Crippen LogP contribution in [0.15, 0.2) is 47.4 Å². The van der Waals surface area contributed by atoms with Crippen LogP contribution < -0.4 is 10.6 Å². The summed E-state index contributed by atoms with van der Waals surface area (Å²) in [7, 11) is -3.82. The quantitative estimate of drug-likeness (QED) is 0.193. The highest BCUT2D eigenvalue weighted by Gasteiger charge is 2.45. The van der Waals surface area contributed by atoms with Crippen LogP contribution in [0.2, 0.25) is 0 Å². The van der Waals surface area contributed by atoms with Gasteiger partial charge in [0.1, 0.15) is 6.04 Å². The maximum absolute atomic E-state index is 13.1. The maximum Gasteiger partial charge on any atom is 0.297 e. The summed E-state index contributed by atoms with van der Waals surface area (Å²) in [5.41, 5.74) is 1.80. The molecule has 1 saturated heterocycles. The summed E-state index contributed by atoms with van der Waals surface area (Å²) < 4.78 is 40.2. The number of nitrogens with zero attached hydrogens (tertiary/aromatic N) is 1. The van der Waals surface area contributed by atoms with E-state index in [9.17, 15) is 27.6 Å². The molecule has 2 heterocycles. The van der Waals surface area contributed by atoms with Crippen LogP contribution in [0.3, 0.4) is 0 Å². The minimum atomic E-state index is -3.82. The number of aryl methyl sites for hydroxylation is 1. The molecule has 2 aromatic rings. The van der Waals surface area contributed by atoms with Crippen molar-refractivity contribution in [1.82, 2.24) is 10.2 Å². The van der Waals surface area contributed by atoms with Gasteiger partial charge in [-0.3, -0.25) is 33.6 Å². The van der Waals surface area contributed by atoms with Crippen LogP contribution in [0.4, 0.5) is 5.69 Å². The Kier molecular flexibility index (Phi) is 9.63. The van der Waals surface area contributed by atoms with Crippen LogP contribution in [0.25, 0.3) is 0 Å². The van der Waals surface area contributed by atoms with Gasteiger partial charge < -0.3 is 14.8 Å². The fourth-order valence-electron chi connectivity index (χ4n) is 4.36. The van der Waals surface area contributed by atoms with Gasteiger partial charge in [0.25, 0.3) is 21.9 Å². The predicted molar refractivity (Wildman–Crippen MR) is 142 cm³/mol. The number of nitrogens with one attached hydrogen (secondary N) is 2. The Bertz CT molecular complexity index is 1380. The molecular weight excluding hydrogens is 542 g/mol. The number of fused-ring (bicyclic) bond motifs is 1. The number of amides is 4. The molecule has 4 amide bonds. The molecule has 0 bridgehead atoms. The van der Waals surface area contributed by atoms with Crippen LogP contribution in [0.1, 0.15) is 45.5 Å². The number of ether oxygens (including phenoxy) is 2. The number of hydrogen-bond acceptors (Lipinski definition) is 10. The summed E-state index contributed by atoms with van der Waals surface area (Å²) in [5.74, 6) is -2.22. The third-order valence-corrected chi connectivity index (χ3v) is 7.71. The molecule has 1 atom stereocenters. The van der Waals surface area contributed by atoms with Gasteiger partial charge in [-0.05, 0) is 44.0 Å². The fourth-order valence-corrected chi connectivity index (χ4v) is 5.26. The zero-order chi connectivity index (χ0) is 28.7. The number of imide groups is 2. The fraction of sp³-hybridized carbons (Fsp3) is 0.407. The van der Waals surface area contributed by atoms with Crippen molar-refractivity contribution in [3.63, 3.8) is 0 Å². The van der Waals surface area contributed by atoms with Crippen molar-refractivity contribution in [3.05, 3.63) is 59.2 Å². The van der Waals surface area contributed by atoms with E-state index in [0.717, 1.165) is 10.5 Å². The monoisotopic (exact) mass is 573 g/mol. The van der Waals surface area contributed by atoms with Crippen molar-refractivity contribution in [2.45, 2.75) is 37.1 Å². The first kappa shape index (κ1) is 29.3. The van der Waals surface area contributed by atoms with Gasteiger partial charge in [-0.1, -0.05) is 23.8 Å². The SMILES string of the molecule is Cc1ccc(S(=O)(=O)OCCOCCCOCCNc2cccc3c2C(=O)N(C2CCC(=O)NC2=O)C3=O)cc1. The zero-order valence-corrected chi connectivity index (χ0v) is 22.8.